The molecule has 20 heavy (non-hydrogen) atoms. The summed E-state index contributed by atoms with van der Waals surface area (Å²) in [5.41, 5.74) is 0.515. The van der Waals surface area contributed by atoms with Gasteiger partial charge in [0, 0.05) is 26.3 Å². The summed E-state index contributed by atoms with van der Waals surface area (Å²) in [6, 6.07) is 3.41. The minimum atomic E-state index is -3.56. The van der Waals surface area contributed by atoms with Crippen molar-refractivity contribution in [1.29, 1.82) is 0 Å². The molecule has 6 nitrogen and oxygen atoms in total. The van der Waals surface area contributed by atoms with E-state index in [1.165, 1.54) is 6.20 Å². The highest BCUT2D eigenvalue weighted by Gasteiger charge is 2.25. The van der Waals surface area contributed by atoms with Crippen molar-refractivity contribution in [2.75, 3.05) is 38.5 Å². The maximum atomic E-state index is 12.3. The molecule has 0 spiro atoms. The number of anilines is 1. The molecule has 0 aromatic carbocycles. The first-order valence-electron chi connectivity index (χ1n) is 6.91. The lowest BCUT2D eigenvalue weighted by Gasteiger charge is -2.14. The van der Waals surface area contributed by atoms with Crippen LogP contribution in [0.5, 0.6) is 0 Å². The van der Waals surface area contributed by atoms with Gasteiger partial charge < -0.3 is 10.2 Å². The van der Waals surface area contributed by atoms with Gasteiger partial charge in [0.05, 0.1) is 5.69 Å². The number of nitrogens with zero attached hydrogens (tertiary/aromatic N) is 2. The molecule has 0 aliphatic carbocycles. The van der Waals surface area contributed by atoms with E-state index in [0.717, 1.165) is 26.1 Å². The largest absolute Gasteiger partial charge is 0.386 e. The Morgan fingerprint density at radius 3 is 2.95 bits per heavy atom. The molecule has 1 aliphatic heterocycles. The number of aromatic nitrogens is 1. The molecule has 1 saturated heterocycles. The molecule has 2 heterocycles. The number of sulfonamides is 1. The van der Waals surface area contributed by atoms with Crippen molar-refractivity contribution in [3.8, 4) is 0 Å². The van der Waals surface area contributed by atoms with Crippen LogP contribution in [0.3, 0.4) is 0 Å². The Labute approximate surface area is 120 Å². The number of pyridine rings is 1. The molecule has 0 bridgehead atoms. The average Bonchev–Trinajstić information content (AvgIpc) is 2.93. The molecule has 1 aromatic heterocycles. The fourth-order valence-electron chi connectivity index (χ4n) is 2.46. The van der Waals surface area contributed by atoms with Crippen LogP contribution >= 0.6 is 0 Å². The molecule has 0 amide bonds. The van der Waals surface area contributed by atoms with Gasteiger partial charge in [-0.2, -0.15) is 0 Å². The highest BCUT2D eigenvalue weighted by Crippen LogP contribution is 2.19. The Kier molecular flexibility index (Phi) is 4.95. The first-order valence-corrected chi connectivity index (χ1v) is 8.40. The molecule has 0 saturated carbocycles. The van der Waals surface area contributed by atoms with Crippen molar-refractivity contribution in [3.05, 3.63) is 18.3 Å². The van der Waals surface area contributed by atoms with Gasteiger partial charge >= 0.3 is 0 Å². The van der Waals surface area contributed by atoms with Gasteiger partial charge in [0.25, 0.3) is 10.0 Å². The highest BCUT2D eigenvalue weighted by molar-refractivity contribution is 7.89. The zero-order chi connectivity index (χ0) is 14.6. The average molecular weight is 298 g/mol. The number of hydrogen-bond donors (Lipinski definition) is 2. The summed E-state index contributed by atoms with van der Waals surface area (Å²) in [6.45, 7) is 5.62. The molecule has 7 heteroatoms. The van der Waals surface area contributed by atoms with E-state index in [9.17, 15) is 8.42 Å². The predicted molar refractivity (Wildman–Crippen MR) is 79.2 cm³/mol. The normalized spacial score (nSPS) is 20.2. The summed E-state index contributed by atoms with van der Waals surface area (Å²) >= 11 is 0. The van der Waals surface area contributed by atoms with Gasteiger partial charge in [0.1, 0.15) is 0 Å². The third-order valence-corrected chi connectivity index (χ3v) is 5.06. The smallest absolute Gasteiger partial charge is 0.260 e. The van der Waals surface area contributed by atoms with Gasteiger partial charge in [0.15, 0.2) is 5.03 Å². The maximum absolute atomic E-state index is 12.3. The minimum absolute atomic E-state index is 0.0628. The Balaban J connectivity index is 2.01. The third-order valence-electron chi connectivity index (χ3n) is 3.67. The van der Waals surface area contributed by atoms with Crippen molar-refractivity contribution < 1.29 is 8.42 Å². The quantitative estimate of drug-likeness (QED) is 0.810. The lowest BCUT2D eigenvalue weighted by molar-refractivity contribution is 0.342. The van der Waals surface area contributed by atoms with Crippen LogP contribution < -0.4 is 10.0 Å². The zero-order valence-electron chi connectivity index (χ0n) is 12.0. The number of hydrogen-bond acceptors (Lipinski definition) is 5. The SMILES string of the molecule is CCN1CCC(CNS(=O)(=O)c2ncccc2NC)C1. The molecule has 1 fully saturated rings. The van der Waals surface area contributed by atoms with E-state index in [4.69, 9.17) is 0 Å². The molecule has 1 atom stereocenters. The molecular weight excluding hydrogens is 276 g/mol. The zero-order valence-corrected chi connectivity index (χ0v) is 12.8. The Morgan fingerprint density at radius 2 is 2.30 bits per heavy atom. The van der Waals surface area contributed by atoms with Crippen LogP contribution in [0, 0.1) is 5.92 Å². The minimum Gasteiger partial charge on any atom is -0.386 e. The first kappa shape index (κ1) is 15.2. The van der Waals surface area contributed by atoms with E-state index in [1.54, 1.807) is 19.2 Å². The van der Waals surface area contributed by atoms with E-state index >= 15 is 0 Å². The van der Waals surface area contributed by atoms with Crippen LogP contribution in [0.4, 0.5) is 5.69 Å². The standard InChI is InChI=1S/C13H22N4O2S/c1-3-17-8-6-11(10-17)9-16-20(18,19)13-12(14-2)5-4-7-15-13/h4-5,7,11,14,16H,3,6,8-10H2,1-2H3. The van der Waals surface area contributed by atoms with E-state index in [2.05, 4.69) is 26.8 Å². The van der Waals surface area contributed by atoms with Crippen LogP contribution in [-0.2, 0) is 10.0 Å². The molecule has 112 valence electrons. The summed E-state index contributed by atoms with van der Waals surface area (Å²) < 4.78 is 27.3. The molecule has 0 radical (unpaired) electrons. The molecule has 2 N–H and O–H groups in total. The molecule has 1 unspecified atom stereocenters. The predicted octanol–water partition coefficient (Wildman–Crippen LogP) is 0.743. The van der Waals surface area contributed by atoms with E-state index in [0.29, 0.717) is 18.2 Å². The Bertz CT molecular complexity index is 547. The van der Waals surface area contributed by atoms with Crippen LogP contribution in [0.15, 0.2) is 23.4 Å². The monoisotopic (exact) mass is 298 g/mol. The summed E-state index contributed by atoms with van der Waals surface area (Å²) in [4.78, 5) is 6.31. The van der Waals surface area contributed by atoms with Crippen molar-refractivity contribution in [2.24, 2.45) is 5.92 Å². The summed E-state index contributed by atoms with van der Waals surface area (Å²) in [7, 11) is -1.87. The van der Waals surface area contributed by atoms with Crippen LogP contribution in [0.2, 0.25) is 0 Å². The van der Waals surface area contributed by atoms with Crippen molar-refractivity contribution in [3.63, 3.8) is 0 Å². The molecular formula is C13H22N4O2S. The summed E-state index contributed by atoms with van der Waals surface area (Å²) in [5.74, 6) is 0.381. The first-order chi connectivity index (χ1) is 9.56. The van der Waals surface area contributed by atoms with Gasteiger partial charge in [-0.15, -0.1) is 0 Å². The fraction of sp³-hybridized carbons (Fsp3) is 0.615. The van der Waals surface area contributed by atoms with Gasteiger partial charge in [-0.05, 0) is 37.6 Å². The van der Waals surface area contributed by atoms with Crippen LogP contribution in [-0.4, -0.2) is 51.5 Å². The second-order valence-corrected chi connectivity index (χ2v) is 6.69. The number of rotatable bonds is 6. The van der Waals surface area contributed by atoms with E-state index in [-0.39, 0.29) is 5.03 Å². The van der Waals surface area contributed by atoms with Crippen molar-refractivity contribution >= 4 is 15.7 Å². The van der Waals surface area contributed by atoms with Crippen LogP contribution in [0.1, 0.15) is 13.3 Å². The second-order valence-electron chi connectivity index (χ2n) is 5.01. The van der Waals surface area contributed by atoms with Gasteiger partial charge in [-0.3, -0.25) is 0 Å². The van der Waals surface area contributed by atoms with Gasteiger partial charge in [-0.1, -0.05) is 6.92 Å². The second kappa shape index (κ2) is 6.51. The summed E-state index contributed by atoms with van der Waals surface area (Å²) in [6.07, 6.45) is 2.53. The Hall–Kier alpha value is -1.18. The Morgan fingerprint density at radius 1 is 1.50 bits per heavy atom. The lowest BCUT2D eigenvalue weighted by atomic mass is 10.1. The van der Waals surface area contributed by atoms with Crippen molar-refractivity contribution in [1.82, 2.24) is 14.6 Å². The maximum Gasteiger partial charge on any atom is 0.260 e. The third kappa shape index (κ3) is 3.47. The summed E-state index contributed by atoms with van der Waals surface area (Å²) in [5, 5.41) is 2.92. The van der Waals surface area contributed by atoms with E-state index in [1.807, 2.05) is 0 Å². The number of nitrogens with one attached hydrogen (secondary N) is 2. The topological polar surface area (TPSA) is 74.3 Å². The van der Waals surface area contributed by atoms with Gasteiger partial charge in [0.2, 0.25) is 0 Å². The van der Waals surface area contributed by atoms with Crippen LogP contribution in [0.25, 0.3) is 0 Å². The van der Waals surface area contributed by atoms with Gasteiger partial charge in [-0.25, -0.2) is 18.1 Å². The highest BCUT2D eigenvalue weighted by atomic mass is 32.2. The lowest BCUT2D eigenvalue weighted by Crippen LogP contribution is -2.32. The van der Waals surface area contributed by atoms with Crippen molar-refractivity contribution in [2.45, 2.75) is 18.4 Å². The molecule has 1 aliphatic rings. The fourth-order valence-corrected chi connectivity index (χ4v) is 3.71. The molecule has 2 rings (SSSR count). The number of likely N-dealkylation sites (tertiary alicyclic amines) is 1. The molecule has 1 aromatic rings. The van der Waals surface area contributed by atoms with E-state index < -0.39 is 10.0 Å².